The van der Waals surface area contributed by atoms with Crippen LogP contribution in [-0.4, -0.2) is 49.2 Å². The summed E-state index contributed by atoms with van der Waals surface area (Å²) in [5.41, 5.74) is 5.81. The average Bonchev–Trinajstić information content (AvgIpc) is 3.19. The van der Waals surface area contributed by atoms with E-state index in [0.29, 0.717) is 13.2 Å². The van der Waals surface area contributed by atoms with Crippen molar-refractivity contribution in [3.05, 3.63) is 58.4 Å². The Morgan fingerprint density at radius 2 is 1.79 bits per heavy atom. The standard InChI is InChI=1S/C22H29N3O2.2ClH/c1-17-22(27-13-5-10-25-11-8-23-9-12-25)20-16-26-15-19(20)21(24-17)14-18-6-3-2-4-7-18;;/h2-4,6-7,23H,5,8-16H2,1H3;2*1H. The molecule has 2 aliphatic heterocycles. The van der Waals surface area contributed by atoms with Gasteiger partial charge in [-0.15, -0.1) is 24.8 Å². The molecule has 2 aromatic rings. The fourth-order valence-corrected chi connectivity index (χ4v) is 3.95. The van der Waals surface area contributed by atoms with E-state index in [9.17, 15) is 0 Å². The van der Waals surface area contributed by atoms with Gasteiger partial charge in [-0.1, -0.05) is 30.3 Å². The molecule has 0 spiro atoms. The first-order chi connectivity index (χ1) is 13.3. The van der Waals surface area contributed by atoms with Crippen molar-refractivity contribution in [2.24, 2.45) is 0 Å². The van der Waals surface area contributed by atoms with Crippen LogP contribution in [0.25, 0.3) is 0 Å². The van der Waals surface area contributed by atoms with Crippen LogP contribution in [0.1, 0.15) is 34.5 Å². The first-order valence-corrected chi connectivity index (χ1v) is 10.00. The molecule has 1 saturated heterocycles. The van der Waals surface area contributed by atoms with E-state index in [-0.39, 0.29) is 24.8 Å². The Kier molecular flexibility index (Phi) is 9.66. The van der Waals surface area contributed by atoms with Crippen molar-refractivity contribution in [2.45, 2.75) is 33.0 Å². The topological polar surface area (TPSA) is 46.6 Å². The van der Waals surface area contributed by atoms with Crippen molar-refractivity contribution in [3.8, 4) is 5.75 Å². The monoisotopic (exact) mass is 439 g/mol. The molecule has 0 saturated carbocycles. The van der Waals surface area contributed by atoms with Crippen LogP contribution in [0.3, 0.4) is 0 Å². The Balaban J connectivity index is 0.00000150. The lowest BCUT2D eigenvalue weighted by atomic mass is 10.0. The van der Waals surface area contributed by atoms with Crippen molar-refractivity contribution in [3.63, 3.8) is 0 Å². The molecule has 1 aromatic heterocycles. The molecule has 2 aliphatic rings. The van der Waals surface area contributed by atoms with Crippen LogP contribution < -0.4 is 10.1 Å². The summed E-state index contributed by atoms with van der Waals surface area (Å²) in [6, 6.07) is 10.5. The molecule has 0 unspecified atom stereocenters. The van der Waals surface area contributed by atoms with Crippen LogP contribution in [0.4, 0.5) is 0 Å². The molecule has 1 N–H and O–H groups in total. The number of benzene rings is 1. The van der Waals surface area contributed by atoms with Crippen molar-refractivity contribution < 1.29 is 9.47 Å². The van der Waals surface area contributed by atoms with E-state index in [0.717, 1.165) is 69.3 Å². The second-order valence-electron chi connectivity index (χ2n) is 7.38. The molecule has 1 aromatic carbocycles. The van der Waals surface area contributed by atoms with Crippen LogP contribution in [0.2, 0.25) is 0 Å². The van der Waals surface area contributed by atoms with Gasteiger partial charge in [0.2, 0.25) is 0 Å². The molecular weight excluding hydrogens is 409 g/mol. The minimum Gasteiger partial charge on any atom is -0.491 e. The Bertz CT molecular complexity index is 768. The molecule has 3 heterocycles. The summed E-state index contributed by atoms with van der Waals surface area (Å²) in [6.07, 6.45) is 1.89. The van der Waals surface area contributed by atoms with Crippen LogP contribution in [0, 0.1) is 6.92 Å². The predicted molar refractivity (Wildman–Crippen MR) is 121 cm³/mol. The summed E-state index contributed by atoms with van der Waals surface area (Å²) < 4.78 is 11.9. The van der Waals surface area contributed by atoms with Crippen LogP contribution in [0.5, 0.6) is 5.75 Å². The van der Waals surface area contributed by atoms with Gasteiger partial charge in [-0.25, -0.2) is 0 Å². The molecule has 4 rings (SSSR count). The number of halogens is 2. The third-order valence-corrected chi connectivity index (χ3v) is 5.40. The summed E-state index contributed by atoms with van der Waals surface area (Å²) in [6.45, 7) is 9.62. The van der Waals surface area contributed by atoms with E-state index < -0.39 is 0 Å². The smallest absolute Gasteiger partial charge is 0.146 e. The summed E-state index contributed by atoms with van der Waals surface area (Å²) >= 11 is 0. The number of piperazine rings is 1. The first kappa shape index (κ1) is 23.9. The van der Waals surface area contributed by atoms with E-state index in [4.69, 9.17) is 14.5 Å². The molecule has 29 heavy (non-hydrogen) atoms. The van der Waals surface area contributed by atoms with Crippen molar-refractivity contribution >= 4 is 24.8 Å². The number of nitrogens with one attached hydrogen (secondary N) is 1. The van der Waals surface area contributed by atoms with E-state index in [1.165, 1.54) is 16.7 Å². The number of hydrogen-bond donors (Lipinski definition) is 1. The van der Waals surface area contributed by atoms with Gasteiger partial charge in [0.05, 0.1) is 31.2 Å². The van der Waals surface area contributed by atoms with Gasteiger partial charge in [-0.3, -0.25) is 4.98 Å². The largest absolute Gasteiger partial charge is 0.491 e. The number of pyridine rings is 1. The fourth-order valence-electron chi connectivity index (χ4n) is 3.95. The van der Waals surface area contributed by atoms with Gasteiger partial charge in [0.25, 0.3) is 0 Å². The number of fused-ring (bicyclic) bond motifs is 1. The maximum Gasteiger partial charge on any atom is 0.146 e. The lowest BCUT2D eigenvalue weighted by Crippen LogP contribution is -2.44. The highest BCUT2D eigenvalue weighted by Crippen LogP contribution is 2.34. The summed E-state index contributed by atoms with van der Waals surface area (Å²) in [5, 5.41) is 3.39. The van der Waals surface area contributed by atoms with E-state index >= 15 is 0 Å². The SMILES string of the molecule is Cc1nc(Cc2ccccc2)c2c(c1OCCCN1CCNCC1)COC2.Cl.Cl. The Morgan fingerprint density at radius 1 is 1.07 bits per heavy atom. The molecule has 0 amide bonds. The zero-order valence-electron chi connectivity index (χ0n) is 17.0. The van der Waals surface area contributed by atoms with Gasteiger partial charge in [0.1, 0.15) is 5.75 Å². The van der Waals surface area contributed by atoms with E-state index in [1.807, 2.05) is 6.07 Å². The van der Waals surface area contributed by atoms with Crippen LogP contribution in [0.15, 0.2) is 30.3 Å². The van der Waals surface area contributed by atoms with Crippen LogP contribution in [-0.2, 0) is 24.4 Å². The minimum absolute atomic E-state index is 0. The Morgan fingerprint density at radius 3 is 2.55 bits per heavy atom. The van der Waals surface area contributed by atoms with Crippen molar-refractivity contribution in [1.29, 1.82) is 0 Å². The Labute approximate surface area is 186 Å². The highest BCUT2D eigenvalue weighted by atomic mass is 35.5. The van der Waals surface area contributed by atoms with Crippen molar-refractivity contribution in [1.82, 2.24) is 15.2 Å². The zero-order chi connectivity index (χ0) is 18.5. The highest BCUT2D eigenvalue weighted by molar-refractivity contribution is 5.85. The summed E-state index contributed by atoms with van der Waals surface area (Å²) in [4.78, 5) is 7.39. The van der Waals surface area contributed by atoms with Crippen molar-refractivity contribution in [2.75, 3.05) is 39.3 Å². The number of rotatable bonds is 7. The molecule has 0 aliphatic carbocycles. The lowest BCUT2D eigenvalue weighted by Gasteiger charge is -2.27. The summed E-state index contributed by atoms with van der Waals surface area (Å²) in [7, 11) is 0. The normalized spacial score (nSPS) is 15.9. The maximum absolute atomic E-state index is 6.19. The molecule has 160 valence electrons. The summed E-state index contributed by atoms with van der Waals surface area (Å²) in [5.74, 6) is 0.944. The number of nitrogens with zero attached hydrogens (tertiary/aromatic N) is 2. The average molecular weight is 440 g/mol. The second kappa shape index (κ2) is 11.7. The third-order valence-electron chi connectivity index (χ3n) is 5.40. The van der Waals surface area contributed by atoms with Gasteiger partial charge in [0, 0.05) is 50.3 Å². The molecule has 1 fully saturated rings. The molecule has 5 nitrogen and oxygen atoms in total. The number of hydrogen-bond acceptors (Lipinski definition) is 5. The minimum atomic E-state index is 0. The van der Waals surface area contributed by atoms with Gasteiger partial charge >= 0.3 is 0 Å². The maximum atomic E-state index is 6.19. The lowest BCUT2D eigenvalue weighted by molar-refractivity contribution is 0.132. The van der Waals surface area contributed by atoms with Gasteiger partial charge < -0.3 is 19.7 Å². The molecule has 0 bridgehead atoms. The Hall–Kier alpha value is -1.37. The van der Waals surface area contributed by atoms with Gasteiger partial charge in [-0.2, -0.15) is 0 Å². The van der Waals surface area contributed by atoms with E-state index in [2.05, 4.69) is 41.4 Å². The quantitative estimate of drug-likeness (QED) is 0.668. The zero-order valence-corrected chi connectivity index (χ0v) is 18.6. The fraction of sp³-hybridized carbons (Fsp3) is 0.500. The highest BCUT2D eigenvalue weighted by Gasteiger charge is 2.24. The number of ether oxygens (including phenoxy) is 2. The first-order valence-electron chi connectivity index (χ1n) is 10.00. The van der Waals surface area contributed by atoms with Gasteiger partial charge in [-0.05, 0) is 18.9 Å². The molecular formula is C22H31Cl2N3O2. The number of aryl methyl sites for hydroxylation is 1. The van der Waals surface area contributed by atoms with Gasteiger partial charge in [0.15, 0.2) is 0 Å². The predicted octanol–water partition coefficient (Wildman–Crippen LogP) is 3.53. The molecule has 7 heteroatoms. The number of aromatic nitrogens is 1. The molecule has 0 atom stereocenters. The third kappa shape index (κ3) is 6.06. The van der Waals surface area contributed by atoms with E-state index in [1.54, 1.807) is 0 Å². The van der Waals surface area contributed by atoms with Crippen LogP contribution >= 0.6 is 24.8 Å². The second-order valence-corrected chi connectivity index (χ2v) is 7.38. The molecule has 0 radical (unpaired) electrons.